The van der Waals surface area contributed by atoms with Crippen LogP contribution in [0.4, 0.5) is 0 Å². The average molecular weight is 390 g/mol. The Morgan fingerprint density at radius 3 is 2.57 bits per heavy atom. The molecule has 0 aromatic carbocycles. The van der Waals surface area contributed by atoms with Crippen molar-refractivity contribution >= 4 is 5.91 Å². The van der Waals surface area contributed by atoms with Gasteiger partial charge in [0.05, 0.1) is 17.4 Å². The van der Waals surface area contributed by atoms with Crippen LogP contribution >= 0.6 is 0 Å². The second-order valence-corrected chi connectivity index (χ2v) is 9.21. The minimum atomic E-state index is -0.0365. The number of ether oxygens (including phenoxy) is 1. The molecule has 4 rings (SSSR count). The largest absolute Gasteiger partial charge is 0.472 e. The van der Waals surface area contributed by atoms with E-state index < -0.39 is 0 Å². The molecule has 0 radical (unpaired) electrons. The number of hydrogen-bond donors (Lipinski definition) is 0. The molecule has 0 unspecified atom stereocenters. The predicted octanol–water partition coefficient (Wildman–Crippen LogP) is 2.71. The van der Waals surface area contributed by atoms with E-state index in [4.69, 9.17) is 9.15 Å². The van der Waals surface area contributed by atoms with Crippen LogP contribution in [0.25, 0.3) is 0 Å². The molecule has 0 N–H and O–H groups in total. The van der Waals surface area contributed by atoms with Crippen LogP contribution in [0, 0.1) is 5.92 Å². The summed E-state index contributed by atoms with van der Waals surface area (Å²) in [4.78, 5) is 19.8. The topological polar surface area (TPSA) is 49.2 Å². The Balaban J connectivity index is 1.29. The molecule has 1 aromatic rings. The van der Waals surface area contributed by atoms with Crippen LogP contribution in [0.5, 0.6) is 0 Å². The maximum Gasteiger partial charge on any atom is 0.257 e. The van der Waals surface area contributed by atoms with Crippen LogP contribution < -0.4 is 0 Å². The summed E-state index contributed by atoms with van der Waals surface area (Å²) in [6.07, 6.45) is 7.25. The number of likely N-dealkylation sites (tertiary alicyclic amines) is 1. The van der Waals surface area contributed by atoms with E-state index in [1.54, 1.807) is 18.6 Å². The van der Waals surface area contributed by atoms with Crippen molar-refractivity contribution in [2.45, 2.75) is 51.2 Å². The first-order chi connectivity index (χ1) is 13.5. The minimum absolute atomic E-state index is 0.0365. The molecule has 28 heavy (non-hydrogen) atoms. The highest BCUT2D eigenvalue weighted by molar-refractivity contribution is 5.93. The van der Waals surface area contributed by atoms with Crippen molar-refractivity contribution in [1.82, 2.24) is 14.7 Å². The number of carbonyl (C=O) groups excluding carboxylic acids is 1. The van der Waals surface area contributed by atoms with Crippen LogP contribution in [-0.4, -0.2) is 84.7 Å². The zero-order chi connectivity index (χ0) is 19.6. The van der Waals surface area contributed by atoms with Gasteiger partial charge >= 0.3 is 0 Å². The number of piperidine rings is 1. The number of nitrogens with zero attached hydrogens (tertiary/aromatic N) is 3. The average Bonchev–Trinajstić information content (AvgIpc) is 3.23. The smallest absolute Gasteiger partial charge is 0.257 e. The van der Waals surface area contributed by atoms with Crippen LogP contribution in [-0.2, 0) is 4.74 Å². The van der Waals surface area contributed by atoms with E-state index in [2.05, 4.69) is 23.6 Å². The molecule has 6 nitrogen and oxygen atoms in total. The van der Waals surface area contributed by atoms with Crippen molar-refractivity contribution in [2.24, 2.45) is 5.92 Å². The van der Waals surface area contributed by atoms with Gasteiger partial charge in [0, 0.05) is 58.5 Å². The van der Waals surface area contributed by atoms with Crippen LogP contribution in [0.15, 0.2) is 23.0 Å². The third-order valence-electron chi connectivity index (χ3n) is 6.74. The van der Waals surface area contributed by atoms with Crippen LogP contribution in [0.1, 0.15) is 49.9 Å². The summed E-state index contributed by atoms with van der Waals surface area (Å²) in [7, 11) is 0. The summed E-state index contributed by atoms with van der Waals surface area (Å²) >= 11 is 0. The molecule has 1 spiro atoms. The predicted molar refractivity (Wildman–Crippen MR) is 108 cm³/mol. The van der Waals surface area contributed by atoms with E-state index in [1.807, 2.05) is 4.90 Å². The molecule has 3 aliphatic heterocycles. The Bertz CT molecular complexity index is 629. The van der Waals surface area contributed by atoms with Crippen molar-refractivity contribution in [2.75, 3.05) is 52.4 Å². The quantitative estimate of drug-likeness (QED) is 0.792. The Kier molecular flexibility index (Phi) is 6.09. The van der Waals surface area contributed by atoms with Gasteiger partial charge in [-0.3, -0.25) is 9.69 Å². The molecule has 1 atom stereocenters. The molecule has 3 saturated heterocycles. The van der Waals surface area contributed by atoms with E-state index in [-0.39, 0.29) is 11.5 Å². The highest BCUT2D eigenvalue weighted by atomic mass is 16.5. The van der Waals surface area contributed by atoms with Gasteiger partial charge in [-0.05, 0) is 37.7 Å². The Morgan fingerprint density at radius 2 is 1.93 bits per heavy atom. The molecule has 1 aromatic heterocycles. The fourth-order valence-corrected chi connectivity index (χ4v) is 5.18. The van der Waals surface area contributed by atoms with Crippen molar-refractivity contribution in [3.63, 3.8) is 0 Å². The lowest BCUT2D eigenvalue weighted by molar-refractivity contribution is -0.132. The van der Waals surface area contributed by atoms with Crippen molar-refractivity contribution in [3.05, 3.63) is 24.2 Å². The lowest BCUT2D eigenvalue weighted by Gasteiger charge is -2.49. The molecule has 156 valence electrons. The Morgan fingerprint density at radius 1 is 1.18 bits per heavy atom. The van der Waals surface area contributed by atoms with Crippen molar-refractivity contribution < 1.29 is 13.9 Å². The zero-order valence-corrected chi connectivity index (χ0v) is 17.4. The fourth-order valence-electron chi connectivity index (χ4n) is 5.18. The SMILES string of the molecule is CC(C)CN1CCN([C@@H]2CCOC3(CCN(C(=O)c4ccoc4)CC3)C2)CC1. The van der Waals surface area contributed by atoms with Crippen molar-refractivity contribution in [3.8, 4) is 0 Å². The van der Waals surface area contributed by atoms with Gasteiger partial charge in [-0.2, -0.15) is 0 Å². The minimum Gasteiger partial charge on any atom is -0.472 e. The number of carbonyl (C=O) groups is 1. The van der Waals surface area contributed by atoms with Crippen LogP contribution in [0.2, 0.25) is 0 Å². The molecular formula is C22H35N3O3. The first kappa shape index (κ1) is 19.9. The number of hydrogen-bond acceptors (Lipinski definition) is 5. The number of furan rings is 1. The molecule has 3 fully saturated rings. The van der Waals surface area contributed by atoms with E-state index in [0.29, 0.717) is 11.6 Å². The second kappa shape index (κ2) is 8.56. The Hall–Kier alpha value is -1.37. The first-order valence-corrected chi connectivity index (χ1v) is 11.0. The monoisotopic (exact) mass is 389 g/mol. The lowest BCUT2D eigenvalue weighted by atomic mass is 9.81. The zero-order valence-electron chi connectivity index (χ0n) is 17.4. The molecule has 3 aliphatic rings. The number of piperazine rings is 1. The summed E-state index contributed by atoms with van der Waals surface area (Å²) in [5.41, 5.74) is 0.614. The maximum absolute atomic E-state index is 12.6. The lowest BCUT2D eigenvalue weighted by Crippen LogP contribution is -2.57. The highest BCUT2D eigenvalue weighted by Crippen LogP contribution is 2.37. The molecular weight excluding hydrogens is 354 g/mol. The Labute approximate surface area is 168 Å². The van der Waals surface area contributed by atoms with Gasteiger partial charge < -0.3 is 19.0 Å². The van der Waals surface area contributed by atoms with Gasteiger partial charge in [-0.1, -0.05) is 13.8 Å². The molecule has 4 heterocycles. The number of amides is 1. The van der Waals surface area contributed by atoms with Gasteiger partial charge in [-0.25, -0.2) is 0 Å². The third kappa shape index (κ3) is 4.44. The molecule has 0 bridgehead atoms. The normalized spacial score (nSPS) is 26.8. The molecule has 0 saturated carbocycles. The molecule has 1 amide bonds. The first-order valence-electron chi connectivity index (χ1n) is 11.0. The fraction of sp³-hybridized carbons (Fsp3) is 0.773. The molecule has 0 aliphatic carbocycles. The number of rotatable bonds is 4. The third-order valence-corrected chi connectivity index (χ3v) is 6.74. The summed E-state index contributed by atoms with van der Waals surface area (Å²) in [5.74, 6) is 0.824. The van der Waals surface area contributed by atoms with E-state index in [0.717, 1.165) is 51.3 Å². The van der Waals surface area contributed by atoms with E-state index in [9.17, 15) is 4.79 Å². The summed E-state index contributed by atoms with van der Waals surface area (Å²) in [6.45, 7) is 13.0. The van der Waals surface area contributed by atoms with Gasteiger partial charge in [0.1, 0.15) is 6.26 Å². The van der Waals surface area contributed by atoms with Gasteiger partial charge in [0.25, 0.3) is 5.91 Å². The summed E-state index contributed by atoms with van der Waals surface area (Å²) in [6, 6.07) is 2.38. The van der Waals surface area contributed by atoms with Crippen molar-refractivity contribution in [1.29, 1.82) is 0 Å². The van der Waals surface area contributed by atoms with Crippen LogP contribution in [0.3, 0.4) is 0 Å². The highest BCUT2D eigenvalue weighted by Gasteiger charge is 2.43. The maximum atomic E-state index is 12.6. The van der Waals surface area contributed by atoms with E-state index in [1.165, 1.54) is 32.7 Å². The van der Waals surface area contributed by atoms with Gasteiger partial charge in [-0.15, -0.1) is 0 Å². The van der Waals surface area contributed by atoms with Gasteiger partial charge in [0.2, 0.25) is 0 Å². The summed E-state index contributed by atoms with van der Waals surface area (Å²) in [5, 5.41) is 0. The second-order valence-electron chi connectivity index (χ2n) is 9.21. The standard InChI is InChI=1S/C22H35N3O3/c1-18(2)16-23-9-11-24(12-10-23)20-4-14-28-22(15-20)5-7-25(8-6-22)21(26)19-3-13-27-17-19/h3,13,17-18,20H,4-12,14-16H2,1-2H3/t20-/m1/s1. The molecule has 6 heteroatoms. The van der Waals surface area contributed by atoms with E-state index >= 15 is 0 Å². The summed E-state index contributed by atoms with van der Waals surface area (Å²) < 4.78 is 11.4. The van der Waals surface area contributed by atoms with Gasteiger partial charge in [0.15, 0.2) is 0 Å².